The Morgan fingerprint density at radius 1 is 1.20 bits per heavy atom. The van der Waals surface area contributed by atoms with E-state index in [1.54, 1.807) is 0 Å². The van der Waals surface area contributed by atoms with Gasteiger partial charge in [0, 0.05) is 30.5 Å². The molecule has 1 aromatic carbocycles. The molecule has 1 N–H and O–H groups in total. The van der Waals surface area contributed by atoms with E-state index in [2.05, 4.69) is 15.3 Å². The molecule has 2 heterocycles. The van der Waals surface area contributed by atoms with Crippen molar-refractivity contribution in [2.75, 3.05) is 23.3 Å². The third-order valence-corrected chi connectivity index (χ3v) is 4.23. The minimum atomic E-state index is -0.779. The van der Waals surface area contributed by atoms with Crippen molar-refractivity contribution in [3.8, 4) is 0 Å². The molecule has 1 aliphatic rings. The Morgan fingerprint density at radius 2 is 1.92 bits per heavy atom. The van der Waals surface area contributed by atoms with E-state index < -0.39 is 11.6 Å². The fourth-order valence-electron chi connectivity index (χ4n) is 3.05. The predicted molar refractivity (Wildman–Crippen MR) is 91.4 cm³/mol. The Hall–Kier alpha value is -2.57. The Kier molecular flexibility index (Phi) is 4.92. The van der Waals surface area contributed by atoms with Gasteiger partial charge in [-0.3, -0.25) is 4.79 Å². The lowest BCUT2D eigenvalue weighted by Gasteiger charge is -2.32. The van der Waals surface area contributed by atoms with Crippen LogP contribution in [-0.2, 0) is 4.79 Å². The molecular formula is C18H20F2N4O. The van der Waals surface area contributed by atoms with Gasteiger partial charge in [-0.2, -0.15) is 0 Å². The van der Waals surface area contributed by atoms with Crippen LogP contribution in [0, 0.1) is 31.4 Å². The second kappa shape index (κ2) is 7.13. The van der Waals surface area contributed by atoms with Crippen LogP contribution in [0.15, 0.2) is 24.3 Å². The summed E-state index contributed by atoms with van der Waals surface area (Å²) in [6.07, 6.45) is 1.52. The maximum atomic E-state index is 13.7. The first-order valence-corrected chi connectivity index (χ1v) is 8.25. The van der Waals surface area contributed by atoms with E-state index in [1.807, 2.05) is 24.8 Å². The van der Waals surface area contributed by atoms with Crippen LogP contribution < -0.4 is 10.2 Å². The zero-order valence-corrected chi connectivity index (χ0v) is 14.2. The molecule has 1 saturated heterocycles. The smallest absolute Gasteiger partial charge is 0.229 e. The van der Waals surface area contributed by atoms with Crippen LogP contribution in [0.4, 0.5) is 20.4 Å². The van der Waals surface area contributed by atoms with Crippen molar-refractivity contribution in [1.29, 1.82) is 0 Å². The molecule has 2 aromatic rings. The molecule has 0 bridgehead atoms. The van der Waals surface area contributed by atoms with E-state index in [0.29, 0.717) is 18.9 Å². The Labute approximate surface area is 145 Å². The highest BCUT2D eigenvalue weighted by atomic mass is 19.1. The second-order valence-corrected chi connectivity index (χ2v) is 6.35. The standard InChI is InChI=1S/C18H20F2N4O/c1-11-8-12(2)22-18(21-11)24-7-3-4-13(10-24)17(25)23-16-6-5-14(19)9-15(16)20/h5-6,8-9,13H,3-4,7,10H2,1-2H3,(H,23,25). The molecule has 1 aliphatic heterocycles. The molecule has 0 spiro atoms. The van der Waals surface area contributed by atoms with Gasteiger partial charge in [-0.1, -0.05) is 0 Å². The van der Waals surface area contributed by atoms with Crippen molar-refractivity contribution in [3.63, 3.8) is 0 Å². The summed E-state index contributed by atoms with van der Waals surface area (Å²) in [5, 5.41) is 2.55. The maximum absolute atomic E-state index is 13.7. The number of halogens is 2. The van der Waals surface area contributed by atoms with Gasteiger partial charge in [0.25, 0.3) is 0 Å². The normalized spacial score (nSPS) is 17.4. The topological polar surface area (TPSA) is 58.1 Å². The molecule has 0 aliphatic carbocycles. The van der Waals surface area contributed by atoms with Gasteiger partial charge in [-0.05, 0) is 44.9 Å². The zero-order valence-electron chi connectivity index (χ0n) is 14.2. The van der Waals surface area contributed by atoms with Crippen molar-refractivity contribution in [1.82, 2.24) is 9.97 Å². The highest BCUT2D eigenvalue weighted by molar-refractivity contribution is 5.93. The van der Waals surface area contributed by atoms with Gasteiger partial charge >= 0.3 is 0 Å². The van der Waals surface area contributed by atoms with E-state index >= 15 is 0 Å². The minimum Gasteiger partial charge on any atom is -0.340 e. The molecule has 25 heavy (non-hydrogen) atoms. The summed E-state index contributed by atoms with van der Waals surface area (Å²) >= 11 is 0. The first kappa shape index (κ1) is 17.3. The van der Waals surface area contributed by atoms with Crippen LogP contribution in [0.5, 0.6) is 0 Å². The van der Waals surface area contributed by atoms with Crippen LogP contribution in [0.2, 0.25) is 0 Å². The molecule has 1 amide bonds. The largest absolute Gasteiger partial charge is 0.340 e. The fourth-order valence-corrected chi connectivity index (χ4v) is 3.05. The number of anilines is 2. The Morgan fingerprint density at radius 3 is 2.60 bits per heavy atom. The number of hydrogen-bond donors (Lipinski definition) is 1. The van der Waals surface area contributed by atoms with Crippen LogP contribution in [0.25, 0.3) is 0 Å². The van der Waals surface area contributed by atoms with Crippen molar-refractivity contribution in [3.05, 3.63) is 47.3 Å². The molecule has 1 fully saturated rings. The number of amides is 1. The van der Waals surface area contributed by atoms with Crippen molar-refractivity contribution >= 4 is 17.5 Å². The van der Waals surface area contributed by atoms with Crippen molar-refractivity contribution < 1.29 is 13.6 Å². The van der Waals surface area contributed by atoms with Gasteiger partial charge < -0.3 is 10.2 Å². The van der Waals surface area contributed by atoms with E-state index in [4.69, 9.17) is 0 Å². The summed E-state index contributed by atoms with van der Waals surface area (Å²) in [4.78, 5) is 23.3. The minimum absolute atomic E-state index is 0.00817. The molecule has 5 nitrogen and oxygen atoms in total. The molecule has 7 heteroatoms. The van der Waals surface area contributed by atoms with Crippen LogP contribution >= 0.6 is 0 Å². The molecule has 3 rings (SSSR count). The zero-order chi connectivity index (χ0) is 18.0. The predicted octanol–water partition coefficient (Wildman–Crippen LogP) is 3.23. The SMILES string of the molecule is Cc1cc(C)nc(N2CCCC(C(=O)Nc3ccc(F)cc3F)C2)n1. The third kappa shape index (κ3) is 4.10. The van der Waals surface area contributed by atoms with Crippen molar-refractivity contribution in [2.45, 2.75) is 26.7 Å². The van der Waals surface area contributed by atoms with Gasteiger partial charge in [0.2, 0.25) is 11.9 Å². The molecule has 0 radical (unpaired) electrons. The number of rotatable bonds is 3. The number of nitrogens with one attached hydrogen (secondary N) is 1. The monoisotopic (exact) mass is 346 g/mol. The summed E-state index contributed by atoms with van der Waals surface area (Å²) < 4.78 is 26.7. The molecule has 132 valence electrons. The number of piperidine rings is 1. The van der Waals surface area contributed by atoms with E-state index in [-0.39, 0.29) is 17.5 Å². The van der Waals surface area contributed by atoms with Gasteiger partial charge in [0.05, 0.1) is 11.6 Å². The van der Waals surface area contributed by atoms with Gasteiger partial charge in [0.1, 0.15) is 11.6 Å². The van der Waals surface area contributed by atoms with E-state index in [1.165, 1.54) is 6.07 Å². The lowest BCUT2D eigenvalue weighted by atomic mass is 9.97. The quantitative estimate of drug-likeness (QED) is 0.927. The summed E-state index contributed by atoms with van der Waals surface area (Å²) in [5.41, 5.74) is 1.75. The average molecular weight is 346 g/mol. The van der Waals surface area contributed by atoms with E-state index in [9.17, 15) is 13.6 Å². The number of hydrogen-bond acceptors (Lipinski definition) is 4. The van der Waals surface area contributed by atoms with E-state index in [0.717, 1.165) is 36.5 Å². The molecule has 1 aromatic heterocycles. The number of benzene rings is 1. The summed E-state index contributed by atoms with van der Waals surface area (Å²) in [5.74, 6) is -1.42. The molecule has 1 unspecified atom stereocenters. The van der Waals surface area contributed by atoms with Crippen LogP contribution in [0.3, 0.4) is 0 Å². The summed E-state index contributed by atoms with van der Waals surface area (Å²) in [6.45, 7) is 5.06. The van der Waals surface area contributed by atoms with Crippen LogP contribution in [-0.4, -0.2) is 29.0 Å². The Bertz CT molecular complexity index is 776. The molecule has 1 atom stereocenters. The maximum Gasteiger partial charge on any atom is 0.229 e. The summed E-state index contributed by atoms with van der Waals surface area (Å²) in [7, 11) is 0. The van der Waals surface area contributed by atoms with Gasteiger partial charge in [-0.25, -0.2) is 18.7 Å². The highest BCUT2D eigenvalue weighted by Crippen LogP contribution is 2.23. The van der Waals surface area contributed by atoms with Gasteiger partial charge in [-0.15, -0.1) is 0 Å². The second-order valence-electron chi connectivity index (χ2n) is 6.35. The number of nitrogens with zero attached hydrogens (tertiary/aromatic N) is 3. The summed E-state index contributed by atoms with van der Waals surface area (Å²) in [6, 6.07) is 5.01. The number of aryl methyl sites for hydroxylation is 2. The first-order chi connectivity index (χ1) is 11.9. The number of carbonyl (C=O) groups excluding carboxylic acids is 1. The number of carbonyl (C=O) groups is 1. The highest BCUT2D eigenvalue weighted by Gasteiger charge is 2.28. The average Bonchev–Trinajstić information content (AvgIpc) is 2.56. The lowest BCUT2D eigenvalue weighted by molar-refractivity contribution is -0.120. The van der Waals surface area contributed by atoms with Crippen molar-refractivity contribution in [2.24, 2.45) is 5.92 Å². The lowest BCUT2D eigenvalue weighted by Crippen LogP contribution is -2.41. The fraction of sp³-hybridized carbons (Fsp3) is 0.389. The van der Waals surface area contributed by atoms with Crippen LogP contribution in [0.1, 0.15) is 24.2 Å². The van der Waals surface area contributed by atoms with Gasteiger partial charge in [0.15, 0.2) is 0 Å². The first-order valence-electron chi connectivity index (χ1n) is 8.25. The molecular weight excluding hydrogens is 326 g/mol. The Balaban J connectivity index is 1.71. The molecule has 0 saturated carbocycles. The third-order valence-electron chi connectivity index (χ3n) is 4.23. The number of aromatic nitrogens is 2.